The average Bonchev–Trinajstić information content (AvgIpc) is 3.60. The smallest absolute Gasteiger partial charge is 0.333 e. The van der Waals surface area contributed by atoms with Crippen LogP contribution in [0.1, 0.15) is 64.0 Å². The molecule has 13 heteroatoms. The molecule has 2 heterocycles. The topological polar surface area (TPSA) is 156 Å². The maximum absolute atomic E-state index is 13.1. The van der Waals surface area contributed by atoms with E-state index in [-0.39, 0.29) is 17.7 Å². The number of pyridine rings is 1. The van der Waals surface area contributed by atoms with Gasteiger partial charge in [0, 0.05) is 30.6 Å². The Morgan fingerprint density at radius 3 is 2.71 bits per heavy atom. The van der Waals surface area contributed by atoms with Crippen LogP contribution in [-0.2, 0) is 29.4 Å². The molecule has 1 fully saturated rings. The summed E-state index contributed by atoms with van der Waals surface area (Å²) in [5, 5.41) is 25.6. The molecule has 2 aliphatic carbocycles. The number of aliphatic hydroxyl groups is 1. The summed E-state index contributed by atoms with van der Waals surface area (Å²) < 4.78 is 35.6. The van der Waals surface area contributed by atoms with Crippen LogP contribution in [0.2, 0.25) is 5.31 Å². The molecule has 0 spiro atoms. The molecule has 2 aliphatic rings. The summed E-state index contributed by atoms with van der Waals surface area (Å²) in [7, 11) is -3.23. The van der Waals surface area contributed by atoms with Crippen LogP contribution in [0.4, 0.5) is 10.5 Å². The van der Waals surface area contributed by atoms with Gasteiger partial charge in [-0.05, 0) is 86.0 Å². The second-order valence-corrected chi connectivity index (χ2v) is 13.8. The number of aromatic nitrogens is 3. The van der Waals surface area contributed by atoms with Crippen molar-refractivity contribution in [3.05, 3.63) is 53.9 Å². The van der Waals surface area contributed by atoms with Crippen LogP contribution in [0.5, 0.6) is 5.88 Å². The Labute approximate surface area is 247 Å². The Morgan fingerprint density at radius 2 is 1.98 bits per heavy atom. The SMILES string of the molecule is CC(C)([B]O)Cn1ccc(S(=O)(=O)NC(=O)Nc2c(-c3ccnc(OC4CCC(C)(O)CC4)c3)ccc3c2CCC3)n1. The van der Waals surface area contributed by atoms with Crippen LogP contribution in [0, 0.1) is 0 Å². The molecule has 42 heavy (non-hydrogen) atoms. The standard InChI is InChI=1S/C29H37BN5O6S/c1-28(2,30-38)18-35-16-12-25(33-35)42(39,40)34-27(36)32-26-22-6-4-5-19(22)7-8-23(26)20-11-15-31-24(17-20)41-21-9-13-29(3,37)14-10-21/h7-8,11-12,15-17,21,37-38H,4-6,9-10,13-14,18H2,1-3H3,(H2,32,34,36). The summed E-state index contributed by atoms with van der Waals surface area (Å²) in [6.07, 6.45) is 8.44. The molecule has 3 aromatic rings. The molecule has 1 aromatic carbocycles. The van der Waals surface area contributed by atoms with Gasteiger partial charge >= 0.3 is 6.03 Å². The molecule has 2 amide bonds. The Kier molecular flexibility index (Phi) is 8.37. The number of nitrogens with zero attached hydrogens (tertiary/aromatic N) is 3. The van der Waals surface area contributed by atoms with E-state index in [0.29, 0.717) is 24.4 Å². The Morgan fingerprint density at radius 1 is 1.21 bits per heavy atom. The lowest BCUT2D eigenvalue weighted by molar-refractivity contribution is -0.0117. The number of nitrogens with one attached hydrogen (secondary N) is 2. The summed E-state index contributed by atoms with van der Waals surface area (Å²) in [5.41, 5.74) is 3.48. The van der Waals surface area contributed by atoms with Gasteiger partial charge in [-0.1, -0.05) is 26.0 Å². The number of hydrogen-bond donors (Lipinski definition) is 4. The van der Waals surface area contributed by atoms with E-state index in [0.717, 1.165) is 61.8 Å². The first kappa shape index (κ1) is 30.1. The maximum atomic E-state index is 13.1. The average molecular weight is 595 g/mol. The van der Waals surface area contributed by atoms with E-state index in [1.165, 1.54) is 16.9 Å². The Hall–Kier alpha value is -3.42. The number of anilines is 1. The van der Waals surface area contributed by atoms with Crippen LogP contribution in [0.15, 0.2) is 47.8 Å². The van der Waals surface area contributed by atoms with Gasteiger partial charge in [-0.3, -0.25) is 4.68 Å². The van der Waals surface area contributed by atoms with Crippen LogP contribution in [0.3, 0.4) is 0 Å². The van der Waals surface area contributed by atoms with Crippen molar-refractivity contribution in [2.75, 3.05) is 5.32 Å². The zero-order chi connectivity index (χ0) is 30.1. The normalized spacial score (nSPS) is 20.5. The minimum Gasteiger partial charge on any atom is -0.474 e. The predicted molar refractivity (Wildman–Crippen MR) is 159 cm³/mol. The number of fused-ring (bicyclic) bond motifs is 1. The lowest BCUT2D eigenvalue weighted by atomic mass is 9.67. The van der Waals surface area contributed by atoms with Gasteiger partial charge in [-0.2, -0.15) is 13.5 Å². The number of carbonyl (C=O) groups is 1. The van der Waals surface area contributed by atoms with Gasteiger partial charge in [0.25, 0.3) is 17.5 Å². The van der Waals surface area contributed by atoms with Crippen LogP contribution in [-0.4, -0.2) is 58.5 Å². The molecule has 5 rings (SSSR count). The Bertz CT molecular complexity index is 1560. The van der Waals surface area contributed by atoms with E-state index in [9.17, 15) is 23.3 Å². The highest BCUT2D eigenvalue weighted by atomic mass is 32.2. The van der Waals surface area contributed by atoms with Crippen molar-refractivity contribution in [3.8, 4) is 17.0 Å². The van der Waals surface area contributed by atoms with Gasteiger partial charge in [0.05, 0.1) is 11.3 Å². The second-order valence-electron chi connectivity index (χ2n) is 12.2. The minimum atomic E-state index is -4.26. The number of benzene rings is 1. The van der Waals surface area contributed by atoms with E-state index in [1.807, 2.05) is 31.2 Å². The molecule has 1 radical (unpaired) electrons. The second kappa shape index (κ2) is 11.7. The van der Waals surface area contributed by atoms with E-state index in [2.05, 4.69) is 20.1 Å². The number of ether oxygens (including phenoxy) is 1. The number of amides is 2. The number of sulfonamides is 1. The van der Waals surface area contributed by atoms with E-state index >= 15 is 0 Å². The van der Waals surface area contributed by atoms with Crippen LogP contribution >= 0.6 is 0 Å². The van der Waals surface area contributed by atoms with Crippen molar-refractivity contribution >= 4 is 29.2 Å². The first-order valence-electron chi connectivity index (χ1n) is 14.2. The molecule has 11 nitrogen and oxygen atoms in total. The van der Waals surface area contributed by atoms with Crippen molar-refractivity contribution in [3.63, 3.8) is 0 Å². The molecule has 4 N–H and O–H groups in total. The molecule has 2 aromatic heterocycles. The minimum absolute atomic E-state index is 0.0436. The van der Waals surface area contributed by atoms with Gasteiger partial charge in [-0.15, -0.1) is 0 Å². The van der Waals surface area contributed by atoms with E-state index in [1.54, 1.807) is 20.0 Å². The van der Waals surface area contributed by atoms with Crippen LogP contribution < -0.4 is 14.8 Å². The highest BCUT2D eigenvalue weighted by molar-refractivity contribution is 7.90. The first-order valence-corrected chi connectivity index (χ1v) is 15.7. The lowest BCUT2D eigenvalue weighted by Crippen LogP contribution is -2.35. The summed E-state index contributed by atoms with van der Waals surface area (Å²) >= 11 is 0. The van der Waals surface area contributed by atoms with Crippen LogP contribution in [0.25, 0.3) is 11.1 Å². The quantitative estimate of drug-likeness (QED) is 0.273. The summed E-state index contributed by atoms with van der Waals surface area (Å²) in [6.45, 7) is 5.66. The van der Waals surface area contributed by atoms with E-state index < -0.39 is 27.0 Å². The van der Waals surface area contributed by atoms with Crippen molar-refractivity contribution in [1.29, 1.82) is 0 Å². The van der Waals surface area contributed by atoms with Gasteiger partial charge < -0.3 is 20.2 Å². The first-order chi connectivity index (χ1) is 19.8. The predicted octanol–water partition coefficient (Wildman–Crippen LogP) is 3.83. The highest BCUT2D eigenvalue weighted by Crippen LogP contribution is 2.39. The highest BCUT2D eigenvalue weighted by Gasteiger charge is 2.30. The zero-order valence-electron chi connectivity index (χ0n) is 24.1. The fraction of sp³-hybridized carbons (Fsp3) is 0.483. The number of rotatable bonds is 9. The third-order valence-electron chi connectivity index (χ3n) is 7.90. The molecule has 223 valence electrons. The maximum Gasteiger partial charge on any atom is 0.333 e. The third kappa shape index (κ3) is 6.96. The molecule has 0 aliphatic heterocycles. The number of urea groups is 1. The molecule has 0 unspecified atom stereocenters. The van der Waals surface area contributed by atoms with Crippen molar-refractivity contribution in [2.45, 2.75) is 94.3 Å². The van der Waals surface area contributed by atoms with Crippen molar-refractivity contribution < 1.29 is 28.1 Å². The molecule has 0 saturated heterocycles. The third-order valence-corrected chi connectivity index (χ3v) is 9.12. The zero-order valence-corrected chi connectivity index (χ0v) is 24.9. The van der Waals surface area contributed by atoms with Crippen molar-refractivity contribution in [2.24, 2.45) is 0 Å². The summed E-state index contributed by atoms with van der Waals surface area (Å²) in [4.78, 5) is 17.5. The van der Waals surface area contributed by atoms with E-state index in [4.69, 9.17) is 4.74 Å². The van der Waals surface area contributed by atoms with Gasteiger partial charge in [0.1, 0.15) is 6.10 Å². The fourth-order valence-corrected chi connectivity index (χ4v) is 6.39. The summed E-state index contributed by atoms with van der Waals surface area (Å²) in [6, 6.07) is 8.02. The summed E-state index contributed by atoms with van der Waals surface area (Å²) in [5.74, 6) is 0.454. The van der Waals surface area contributed by atoms with Gasteiger partial charge in [-0.25, -0.2) is 14.5 Å². The monoisotopic (exact) mass is 594 g/mol. The lowest BCUT2D eigenvalue weighted by Gasteiger charge is -2.32. The van der Waals surface area contributed by atoms with Gasteiger partial charge in [0.2, 0.25) is 5.88 Å². The molecule has 0 atom stereocenters. The number of aryl methyl sites for hydroxylation is 1. The fourth-order valence-electron chi connectivity index (χ4n) is 5.54. The molecular weight excluding hydrogens is 557 g/mol. The molecule has 0 bridgehead atoms. The van der Waals surface area contributed by atoms with Gasteiger partial charge in [0.15, 0.2) is 5.03 Å². The molecular formula is C29H37BN5O6S. The number of carbonyl (C=O) groups excluding carboxylic acids is 1. The Balaban J connectivity index is 1.35. The number of hydrogen-bond acceptors (Lipinski definition) is 8. The largest absolute Gasteiger partial charge is 0.474 e. The van der Waals surface area contributed by atoms with Crippen molar-refractivity contribution in [1.82, 2.24) is 19.5 Å². The molecule has 1 saturated carbocycles.